The summed E-state index contributed by atoms with van der Waals surface area (Å²) >= 11 is 4.15. The molecule has 0 aromatic heterocycles. The number of unbranched alkanes of at least 4 members (excludes halogenated alkanes) is 2. The van der Waals surface area contributed by atoms with Crippen LogP contribution in [-0.4, -0.2) is 25.4 Å². The molecule has 1 aromatic carbocycles. The molecule has 4 heteroatoms. The summed E-state index contributed by atoms with van der Waals surface area (Å²) in [5.41, 5.74) is 0.514. The minimum absolute atomic E-state index is 0.342. The number of ether oxygens (including phenoxy) is 2. The van der Waals surface area contributed by atoms with Crippen LogP contribution in [0.5, 0.6) is 5.75 Å². The number of methoxy groups -OCH3 is 1. The molecule has 0 heterocycles. The Balaban J connectivity index is 2.40. The van der Waals surface area contributed by atoms with Gasteiger partial charge in [0.05, 0.1) is 19.3 Å². The number of carbonyl (C=O) groups excluding carboxylic acids is 1. The molecule has 17 heavy (non-hydrogen) atoms. The topological polar surface area (TPSA) is 35.5 Å². The summed E-state index contributed by atoms with van der Waals surface area (Å²) < 4.78 is 10.2. The number of esters is 1. The van der Waals surface area contributed by atoms with Crippen molar-refractivity contribution >= 4 is 18.6 Å². The molecule has 0 radical (unpaired) electrons. The van der Waals surface area contributed by atoms with E-state index in [1.807, 2.05) is 6.07 Å². The van der Waals surface area contributed by atoms with E-state index in [0.717, 1.165) is 25.0 Å². The van der Waals surface area contributed by atoms with Crippen LogP contribution in [0.4, 0.5) is 0 Å². The van der Waals surface area contributed by atoms with Crippen LogP contribution in [0.3, 0.4) is 0 Å². The molecule has 0 spiro atoms. The molecule has 0 saturated heterocycles. The number of hydrogen-bond acceptors (Lipinski definition) is 4. The summed E-state index contributed by atoms with van der Waals surface area (Å²) in [7, 11) is 1.37. The molecule has 0 unspecified atom stereocenters. The maximum atomic E-state index is 11.3. The molecule has 0 bridgehead atoms. The van der Waals surface area contributed by atoms with Gasteiger partial charge in [-0.05, 0) is 43.2 Å². The lowest BCUT2D eigenvalue weighted by Gasteiger charge is -2.07. The molecule has 0 aliphatic heterocycles. The van der Waals surface area contributed by atoms with Gasteiger partial charge in [-0.3, -0.25) is 0 Å². The first-order valence-electron chi connectivity index (χ1n) is 5.70. The van der Waals surface area contributed by atoms with Gasteiger partial charge in [-0.25, -0.2) is 4.79 Å². The molecule has 0 aliphatic rings. The number of rotatable bonds is 7. The molecule has 3 nitrogen and oxygen atoms in total. The third-order valence-electron chi connectivity index (χ3n) is 2.33. The Kier molecular flexibility index (Phi) is 6.55. The minimum atomic E-state index is -0.342. The van der Waals surface area contributed by atoms with Gasteiger partial charge in [-0.15, -0.1) is 0 Å². The lowest BCUT2D eigenvalue weighted by molar-refractivity contribution is 0.0600. The molecule has 0 atom stereocenters. The van der Waals surface area contributed by atoms with Crippen LogP contribution in [0, 0.1) is 0 Å². The minimum Gasteiger partial charge on any atom is -0.494 e. The van der Waals surface area contributed by atoms with Crippen LogP contribution in [0.2, 0.25) is 0 Å². The van der Waals surface area contributed by atoms with Crippen molar-refractivity contribution in [2.24, 2.45) is 0 Å². The van der Waals surface area contributed by atoms with Gasteiger partial charge in [0.15, 0.2) is 0 Å². The quantitative estimate of drug-likeness (QED) is 0.461. The third-order valence-corrected chi connectivity index (χ3v) is 2.64. The van der Waals surface area contributed by atoms with Gasteiger partial charge in [0.1, 0.15) is 5.75 Å². The number of benzene rings is 1. The first kappa shape index (κ1) is 13.9. The van der Waals surface area contributed by atoms with E-state index >= 15 is 0 Å². The van der Waals surface area contributed by atoms with E-state index in [2.05, 4.69) is 17.4 Å². The van der Waals surface area contributed by atoms with Crippen molar-refractivity contribution in [2.45, 2.75) is 19.3 Å². The first-order valence-corrected chi connectivity index (χ1v) is 6.33. The Hall–Kier alpha value is -1.16. The van der Waals surface area contributed by atoms with Crippen LogP contribution in [0.1, 0.15) is 29.6 Å². The monoisotopic (exact) mass is 254 g/mol. The normalized spacial score (nSPS) is 10.0. The summed E-state index contributed by atoms with van der Waals surface area (Å²) in [4.78, 5) is 11.3. The first-order chi connectivity index (χ1) is 8.27. The second kappa shape index (κ2) is 8.01. The highest BCUT2D eigenvalue weighted by molar-refractivity contribution is 7.80. The number of thiol groups is 1. The van der Waals surface area contributed by atoms with Gasteiger partial charge in [-0.1, -0.05) is 6.07 Å². The predicted octanol–water partition coefficient (Wildman–Crippen LogP) is 2.95. The molecule has 1 aromatic rings. The predicted molar refractivity (Wildman–Crippen MR) is 71.0 cm³/mol. The molecule has 0 fully saturated rings. The fourth-order valence-electron chi connectivity index (χ4n) is 1.41. The highest BCUT2D eigenvalue weighted by Crippen LogP contribution is 2.14. The molecular formula is C13H18O3S. The standard InChI is InChI=1S/C13H18O3S/c1-15-13(14)11-6-5-7-12(10-11)16-8-3-2-4-9-17/h5-7,10,17H,2-4,8-9H2,1H3. The lowest BCUT2D eigenvalue weighted by atomic mass is 10.2. The zero-order valence-electron chi connectivity index (χ0n) is 10.0. The number of hydrogen-bond donors (Lipinski definition) is 1. The Labute approximate surface area is 108 Å². The van der Waals surface area contributed by atoms with Crippen molar-refractivity contribution in [1.82, 2.24) is 0 Å². The summed E-state index contributed by atoms with van der Waals surface area (Å²) in [6.07, 6.45) is 3.22. The van der Waals surface area contributed by atoms with E-state index in [1.54, 1.807) is 18.2 Å². The van der Waals surface area contributed by atoms with Crippen molar-refractivity contribution in [1.29, 1.82) is 0 Å². The highest BCUT2D eigenvalue weighted by atomic mass is 32.1. The van der Waals surface area contributed by atoms with Gasteiger partial charge in [0.25, 0.3) is 0 Å². The lowest BCUT2D eigenvalue weighted by Crippen LogP contribution is -2.02. The van der Waals surface area contributed by atoms with E-state index in [4.69, 9.17) is 4.74 Å². The zero-order valence-corrected chi connectivity index (χ0v) is 10.9. The van der Waals surface area contributed by atoms with Crippen LogP contribution in [0.15, 0.2) is 24.3 Å². The van der Waals surface area contributed by atoms with Gasteiger partial charge >= 0.3 is 5.97 Å². The zero-order chi connectivity index (χ0) is 12.5. The van der Waals surface area contributed by atoms with E-state index in [9.17, 15) is 4.79 Å². The Morgan fingerprint density at radius 1 is 1.29 bits per heavy atom. The van der Waals surface area contributed by atoms with Crippen molar-refractivity contribution in [3.63, 3.8) is 0 Å². The van der Waals surface area contributed by atoms with Crippen LogP contribution in [0.25, 0.3) is 0 Å². The van der Waals surface area contributed by atoms with Crippen molar-refractivity contribution in [2.75, 3.05) is 19.5 Å². The van der Waals surface area contributed by atoms with Gasteiger partial charge in [0.2, 0.25) is 0 Å². The van der Waals surface area contributed by atoms with E-state index in [0.29, 0.717) is 17.9 Å². The molecular weight excluding hydrogens is 236 g/mol. The fourth-order valence-corrected chi connectivity index (χ4v) is 1.63. The second-order valence-electron chi connectivity index (χ2n) is 3.65. The SMILES string of the molecule is COC(=O)c1cccc(OCCCCCS)c1. The van der Waals surface area contributed by atoms with E-state index < -0.39 is 0 Å². The molecule has 94 valence electrons. The van der Waals surface area contributed by atoms with Crippen molar-refractivity contribution < 1.29 is 14.3 Å². The molecule has 0 aliphatic carbocycles. The Morgan fingerprint density at radius 2 is 2.12 bits per heavy atom. The fraction of sp³-hybridized carbons (Fsp3) is 0.462. The Morgan fingerprint density at radius 3 is 2.82 bits per heavy atom. The van der Waals surface area contributed by atoms with E-state index in [1.165, 1.54) is 7.11 Å². The smallest absolute Gasteiger partial charge is 0.337 e. The van der Waals surface area contributed by atoms with Crippen LogP contribution < -0.4 is 4.74 Å². The number of carbonyl (C=O) groups is 1. The summed E-state index contributed by atoms with van der Waals surface area (Å²) in [6, 6.07) is 7.03. The molecule has 0 amide bonds. The average Bonchev–Trinajstić information content (AvgIpc) is 2.38. The Bertz CT molecular complexity index is 352. The summed E-state index contributed by atoms with van der Waals surface area (Å²) in [5.74, 6) is 1.28. The maximum Gasteiger partial charge on any atom is 0.337 e. The van der Waals surface area contributed by atoms with Gasteiger partial charge in [-0.2, -0.15) is 12.6 Å². The summed E-state index contributed by atoms with van der Waals surface area (Å²) in [5, 5.41) is 0. The second-order valence-corrected chi connectivity index (χ2v) is 4.10. The van der Waals surface area contributed by atoms with E-state index in [-0.39, 0.29) is 5.97 Å². The highest BCUT2D eigenvalue weighted by Gasteiger charge is 2.05. The maximum absolute atomic E-state index is 11.3. The molecule has 0 N–H and O–H groups in total. The van der Waals surface area contributed by atoms with Crippen LogP contribution >= 0.6 is 12.6 Å². The molecule has 1 rings (SSSR count). The average molecular weight is 254 g/mol. The van der Waals surface area contributed by atoms with Crippen molar-refractivity contribution in [3.05, 3.63) is 29.8 Å². The molecule has 0 saturated carbocycles. The van der Waals surface area contributed by atoms with Gasteiger partial charge < -0.3 is 9.47 Å². The largest absolute Gasteiger partial charge is 0.494 e. The third kappa shape index (κ3) is 5.13. The summed E-state index contributed by atoms with van der Waals surface area (Å²) in [6.45, 7) is 0.665. The van der Waals surface area contributed by atoms with Crippen molar-refractivity contribution in [3.8, 4) is 5.75 Å². The van der Waals surface area contributed by atoms with Crippen LogP contribution in [-0.2, 0) is 4.74 Å². The van der Waals surface area contributed by atoms with Gasteiger partial charge in [0, 0.05) is 0 Å².